The molecule has 2 rings (SSSR count). The van der Waals surface area contributed by atoms with Gasteiger partial charge in [0, 0.05) is 12.7 Å². The van der Waals surface area contributed by atoms with Crippen LogP contribution in [-0.4, -0.2) is 26.1 Å². The zero-order valence-corrected chi connectivity index (χ0v) is 16.5. The second kappa shape index (κ2) is 9.07. The summed E-state index contributed by atoms with van der Waals surface area (Å²) in [5.41, 5.74) is 4.36. The van der Waals surface area contributed by atoms with Crippen molar-refractivity contribution in [2.75, 3.05) is 19.5 Å². The van der Waals surface area contributed by atoms with Crippen molar-refractivity contribution in [1.82, 2.24) is 10.6 Å². The SMILES string of the molecule is CCC(NC(=O)Nc1ccc(OC)c(C(=O)NC)c1)c1ccc(C)c(C)c1. The van der Waals surface area contributed by atoms with Crippen molar-refractivity contribution in [2.24, 2.45) is 0 Å². The molecule has 0 aliphatic rings. The van der Waals surface area contributed by atoms with E-state index in [4.69, 9.17) is 4.74 Å². The Kier molecular flexibility index (Phi) is 6.82. The van der Waals surface area contributed by atoms with Gasteiger partial charge in [-0.15, -0.1) is 0 Å². The summed E-state index contributed by atoms with van der Waals surface area (Å²) in [4.78, 5) is 24.4. The summed E-state index contributed by atoms with van der Waals surface area (Å²) < 4.78 is 5.20. The maximum Gasteiger partial charge on any atom is 0.319 e. The maximum absolute atomic E-state index is 12.5. The summed E-state index contributed by atoms with van der Waals surface area (Å²) in [6, 6.07) is 10.7. The summed E-state index contributed by atoms with van der Waals surface area (Å²) in [6.45, 7) is 6.15. The fourth-order valence-electron chi connectivity index (χ4n) is 2.83. The Bertz CT molecular complexity index is 833. The van der Waals surface area contributed by atoms with E-state index in [9.17, 15) is 9.59 Å². The molecule has 0 heterocycles. The lowest BCUT2D eigenvalue weighted by Gasteiger charge is -2.19. The molecule has 6 nitrogen and oxygen atoms in total. The molecule has 27 heavy (non-hydrogen) atoms. The van der Waals surface area contributed by atoms with Gasteiger partial charge in [0.15, 0.2) is 0 Å². The van der Waals surface area contributed by atoms with Crippen LogP contribution in [0.15, 0.2) is 36.4 Å². The second-order valence-electron chi connectivity index (χ2n) is 6.40. The van der Waals surface area contributed by atoms with Crippen LogP contribution in [0.4, 0.5) is 10.5 Å². The summed E-state index contributed by atoms with van der Waals surface area (Å²) >= 11 is 0. The standard InChI is InChI=1S/C21H27N3O3/c1-6-18(15-8-7-13(2)14(3)11-15)24-21(26)23-16-9-10-19(27-5)17(12-16)20(25)22-4/h7-12,18H,6H2,1-5H3,(H,22,25)(H2,23,24,26). The van der Waals surface area contributed by atoms with E-state index in [1.54, 1.807) is 25.2 Å². The largest absolute Gasteiger partial charge is 0.496 e. The number of nitrogens with one attached hydrogen (secondary N) is 3. The number of ether oxygens (including phenoxy) is 1. The molecule has 2 aromatic rings. The van der Waals surface area contributed by atoms with Crippen molar-refractivity contribution in [3.05, 3.63) is 58.7 Å². The first-order valence-electron chi connectivity index (χ1n) is 8.94. The van der Waals surface area contributed by atoms with E-state index in [1.807, 2.05) is 13.0 Å². The van der Waals surface area contributed by atoms with Crippen LogP contribution in [0.5, 0.6) is 5.75 Å². The highest BCUT2D eigenvalue weighted by atomic mass is 16.5. The fourth-order valence-corrected chi connectivity index (χ4v) is 2.83. The van der Waals surface area contributed by atoms with Gasteiger partial charge in [-0.25, -0.2) is 4.79 Å². The molecule has 144 valence electrons. The lowest BCUT2D eigenvalue weighted by Crippen LogP contribution is -2.32. The third kappa shape index (κ3) is 5.00. The summed E-state index contributed by atoms with van der Waals surface area (Å²) in [5.74, 6) is 0.166. The predicted octanol–water partition coefficient (Wildman–Crippen LogP) is 3.94. The molecule has 0 aromatic heterocycles. The molecule has 0 aliphatic heterocycles. The Balaban J connectivity index is 2.14. The molecule has 0 bridgehead atoms. The second-order valence-corrected chi connectivity index (χ2v) is 6.40. The van der Waals surface area contributed by atoms with Gasteiger partial charge in [-0.05, 0) is 55.2 Å². The molecule has 0 saturated carbocycles. The molecule has 0 radical (unpaired) electrons. The first-order valence-corrected chi connectivity index (χ1v) is 8.94. The van der Waals surface area contributed by atoms with E-state index >= 15 is 0 Å². The van der Waals surface area contributed by atoms with Gasteiger partial charge < -0.3 is 20.7 Å². The number of hydrogen-bond donors (Lipinski definition) is 3. The molecule has 3 N–H and O–H groups in total. The van der Waals surface area contributed by atoms with Gasteiger partial charge in [-0.2, -0.15) is 0 Å². The van der Waals surface area contributed by atoms with E-state index in [0.717, 1.165) is 12.0 Å². The van der Waals surface area contributed by atoms with Crippen LogP contribution in [0.2, 0.25) is 0 Å². The van der Waals surface area contributed by atoms with E-state index in [-0.39, 0.29) is 18.0 Å². The molecule has 1 atom stereocenters. The van der Waals surface area contributed by atoms with Crippen LogP contribution in [-0.2, 0) is 0 Å². The highest BCUT2D eigenvalue weighted by molar-refractivity contribution is 5.99. The Morgan fingerprint density at radius 3 is 2.41 bits per heavy atom. The highest BCUT2D eigenvalue weighted by Gasteiger charge is 2.16. The van der Waals surface area contributed by atoms with Crippen LogP contribution in [0.3, 0.4) is 0 Å². The predicted molar refractivity (Wildman–Crippen MR) is 107 cm³/mol. The number of benzene rings is 2. The summed E-state index contributed by atoms with van der Waals surface area (Å²) in [7, 11) is 3.04. The molecule has 1 unspecified atom stereocenters. The Morgan fingerprint density at radius 2 is 1.81 bits per heavy atom. The van der Waals surface area contributed by atoms with E-state index in [1.165, 1.54) is 18.2 Å². The van der Waals surface area contributed by atoms with E-state index in [2.05, 4.69) is 41.9 Å². The van der Waals surface area contributed by atoms with Gasteiger partial charge in [0.05, 0.1) is 18.7 Å². The van der Waals surface area contributed by atoms with Crippen molar-refractivity contribution in [3.63, 3.8) is 0 Å². The van der Waals surface area contributed by atoms with Gasteiger partial charge in [0.2, 0.25) is 0 Å². The van der Waals surface area contributed by atoms with Crippen molar-refractivity contribution in [1.29, 1.82) is 0 Å². The maximum atomic E-state index is 12.5. The molecule has 0 spiro atoms. The van der Waals surface area contributed by atoms with Gasteiger partial charge in [0.25, 0.3) is 5.91 Å². The number of rotatable bonds is 6. The van der Waals surface area contributed by atoms with Gasteiger partial charge >= 0.3 is 6.03 Å². The lowest BCUT2D eigenvalue weighted by molar-refractivity contribution is 0.0960. The van der Waals surface area contributed by atoms with Crippen molar-refractivity contribution >= 4 is 17.6 Å². The minimum atomic E-state index is -0.326. The number of carbonyl (C=O) groups excluding carboxylic acids is 2. The molecule has 6 heteroatoms. The highest BCUT2D eigenvalue weighted by Crippen LogP contribution is 2.23. The van der Waals surface area contributed by atoms with Crippen LogP contribution < -0.4 is 20.7 Å². The van der Waals surface area contributed by atoms with Crippen molar-refractivity contribution in [3.8, 4) is 5.75 Å². The molecule has 0 saturated heterocycles. The van der Waals surface area contributed by atoms with Crippen LogP contribution >= 0.6 is 0 Å². The molecule has 0 fully saturated rings. The first kappa shape index (κ1) is 20.3. The Morgan fingerprint density at radius 1 is 1.07 bits per heavy atom. The topological polar surface area (TPSA) is 79.5 Å². The minimum absolute atomic E-state index is 0.0963. The summed E-state index contributed by atoms with van der Waals surface area (Å²) in [6.07, 6.45) is 0.766. The number of aryl methyl sites for hydroxylation is 2. The quantitative estimate of drug-likeness (QED) is 0.721. The first-order chi connectivity index (χ1) is 12.9. The third-order valence-corrected chi connectivity index (χ3v) is 4.58. The van der Waals surface area contributed by atoms with Crippen LogP contribution in [0, 0.1) is 13.8 Å². The van der Waals surface area contributed by atoms with Crippen LogP contribution in [0.1, 0.15) is 46.4 Å². The van der Waals surface area contributed by atoms with E-state index in [0.29, 0.717) is 17.0 Å². The lowest BCUT2D eigenvalue weighted by atomic mass is 9.99. The van der Waals surface area contributed by atoms with Crippen molar-refractivity contribution < 1.29 is 14.3 Å². The Hall–Kier alpha value is -3.02. The zero-order chi connectivity index (χ0) is 20.0. The van der Waals surface area contributed by atoms with Crippen LogP contribution in [0.25, 0.3) is 0 Å². The van der Waals surface area contributed by atoms with Gasteiger partial charge in [0.1, 0.15) is 5.75 Å². The van der Waals surface area contributed by atoms with E-state index < -0.39 is 0 Å². The van der Waals surface area contributed by atoms with Gasteiger partial charge in [-0.1, -0.05) is 25.1 Å². The number of amides is 3. The number of hydrogen-bond acceptors (Lipinski definition) is 3. The number of methoxy groups -OCH3 is 1. The minimum Gasteiger partial charge on any atom is -0.496 e. The van der Waals surface area contributed by atoms with Crippen molar-refractivity contribution in [2.45, 2.75) is 33.2 Å². The number of urea groups is 1. The zero-order valence-electron chi connectivity index (χ0n) is 16.5. The smallest absolute Gasteiger partial charge is 0.319 e. The number of anilines is 1. The summed E-state index contributed by atoms with van der Waals surface area (Å²) in [5, 5.41) is 8.34. The average molecular weight is 369 g/mol. The molecular weight excluding hydrogens is 342 g/mol. The fraction of sp³-hybridized carbons (Fsp3) is 0.333. The number of carbonyl (C=O) groups is 2. The molecule has 2 aromatic carbocycles. The molecule has 0 aliphatic carbocycles. The average Bonchev–Trinajstić information content (AvgIpc) is 2.67. The third-order valence-electron chi connectivity index (χ3n) is 4.58. The molecule has 3 amide bonds. The molecular formula is C21H27N3O3. The monoisotopic (exact) mass is 369 g/mol. The Labute approximate surface area is 160 Å². The normalized spacial score (nSPS) is 11.4. The van der Waals surface area contributed by atoms with Gasteiger partial charge in [-0.3, -0.25) is 4.79 Å².